The molecule has 0 fully saturated rings. The van der Waals surface area contributed by atoms with E-state index in [1.807, 2.05) is 43.1 Å². The Hall–Kier alpha value is -4.71. The number of hydrogen-bond acceptors (Lipinski definition) is 8. The molecule has 5 rings (SSSR count). The van der Waals surface area contributed by atoms with Gasteiger partial charge in [0.1, 0.15) is 11.6 Å². The highest BCUT2D eigenvalue weighted by molar-refractivity contribution is 6.04. The van der Waals surface area contributed by atoms with E-state index in [1.165, 1.54) is 7.11 Å². The van der Waals surface area contributed by atoms with Gasteiger partial charge in [-0.1, -0.05) is 18.7 Å². The molecule has 0 radical (unpaired) electrons. The van der Waals surface area contributed by atoms with E-state index in [4.69, 9.17) is 4.74 Å². The van der Waals surface area contributed by atoms with Crippen molar-refractivity contribution in [1.82, 2.24) is 24.0 Å². The molecular formula is C29H33FN8O3. The molecule has 0 saturated carbocycles. The summed E-state index contributed by atoms with van der Waals surface area (Å²) in [5.41, 5.74) is 4.11. The second-order valence-corrected chi connectivity index (χ2v) is 10.2. The van der Waals surface area contributed by atoms with Crippen molar-refractivity contribution in [2.45, 2.75) is 19.4 Å². The topological polar surface area (TPSA) is 110 Å². The number of nitrogens with one attached hydrogen (secondary N) is 2. The summed E-state index contributed by atoms with van der Waals surface area (Å²) < 4.78 is 22.7. The number of methoxy groups -OCH3 is 1. The van der Waals surface area contributed by atoms with E-state index in [0.717, 1.165) is 36.0 Å². The van der Waals surface area contributed by atoms with Gasteiger partial charge in [0.15, 0.2) is 5.83 Å². The number of rotatable bonds is 10. The van der Waals surface area contributed by atoms with Crippen LogP contribution in [0.25, 0.3) is 16.9 Å². The first-order chi connectivity index (χ1) is 19.7. The molecule has 0 unspecified atom stereocenters. The summed E-state index contributed by atoms with van der Waals surface area (Å²) in [7, 11) is 7.32. The van der Waals surface area contributed by atoms with E-state index in [9.17, 15) is 14.0 Å². The minimum Gasteiger partial charge on any atom is -0.494 e. The second kappa shape index (κ2) is 11.4. The molecular weight excluding hydrogens is 527 g/mol. The van der Waals surface area contributed by atoms with E-state index >= 15 is 0 Å². The second-order valence-electron chi connectivity index (χ2n) is 10.2. The lowest BCUT2D eigenvalue weighted by molar-refractivity contribution is -0.114. The number of carbonyl (C=O) groups is 1. The van der Waals surface area contributed by atoms with Crippen LogP contribution in [0.4, 0.5) is 27.4 Å². The van der Waals surface area contributed by atoms with Crippen LogP contribution in [0.1, 0.15) is 12.0 Å². The molecule has 41 heavy (non-hydrogen) atoms. The summed E-state index contributed by atoms with van der Waals surface area (Å²) in [5.74, 6) is -0.983. The largest absolute Gasteiger partial charge is 0.494 e. The van der Waals surface area contributed by atoms with Crippen molar-refractivity contribution in [3.05, 3.63) is 71.0 Å². The summed E-state index contributed by atoms with van der Waals surface area (Å²) in [6, 6.07) is 11.0. The van der Waals surface area contributed by atoms with E-state index < -0.39 is 11.7 Å². The third-order valence-electron chi connectivity index (χ3n) is 7.08. The van der Waals surface area contributed by atoms with Crippen LogP contribution in [0, 0.1) is 0 Å². The van der Waals surface area contributed by atoms with Crippen LogP contribution in [-0.2, 0) is 17.8 Å². The zero-order valence-electron chi connectivity index (χ0n) is 23.6. The van der Waals surface area contributed by atoms with Crippen LogP contribution in [0.15, 0.2) is 59.8 Å². The summed E-state index contributed by atoms with van der Waals surface area (Å²) in [4.78, 5) is 38.6. The first kappa shape index (κ1) is 27.8. The highest BCUT2D eigenvalue weighted by Crippen LogP contribution is 2.38. The predicted octanol–water partition coefficient (Wildman–Crippen LogP) is 3.70. The summed E-state index contributed by atoms with van der Waals surface area (Å²) in [6.07, 6.45) is 3.39. The van der Waals surface area contributed by atoms with Gasteiger partial charge in [0.05, 0.1) is 35.2 Å². The Labute approximate surface area is 236 Å². The number of likely N-dealkylation sites (N-methyl/N-ethyl adjacent to an activating group) is 2. The summed E-state index contributed by atoms with van der Waals surface area (Å²) >= 11 is 0. The average molecular weight is 561 g/mol. The number of anilines is 4. The Morgan fingerprint density at radius 3 is 2.71 bits per heavy atom. The monoisotopic (exact) mass is 560 g/mol. The van der Waals surface area contributed by atoms with Crippen molar-refractivity contribution in [3.63, 3.8) is 0 Å². The number of hydrogen-bond donors (Lipinski definition) is 2. The number of ether oxygens (including phenoxy) is 1. The van der Waals surface area contributed by atoms with Crippen molar-refractivity contribution in [2.24, 2.45) is 0 Å². The van der Waals surface area contributed by atoms with Gasteiger partial charge >= 0.3 is 5.69 Å². The molecule has 0 aliphatic carbocycles. The molecule has 0 spiro atoms. The number of para-hydroxylation sites is 1. The predicted molar refractivity (Wildman–Crippen MR) is 158 cm³/mol. The molecule has 1 amide bonds. The molecule has 0 atom stereocenters. The number of carbonyl (C=O) groups excluding carboxylic acids is 1. The van der Waals surface area contributed by atoms with Crippen molar-refractivity contribution >= 4 is 40.0 Å². The van der Waals surface area contributed by atoms with Gasteiger partial charge in [-0.3, -0.25) is 9.36 Å². The Balaban J connectivity index is 1.54. The molecule has 214 valence electrons. The van der Waals surface area contributed by atoms with Crippen molar-refractivity contribution in [2.75, 3.05) is 56.9 Å². The normalized spacial score (nSPS) is 12.4. The Bertz CT molecular complexity index is 1690. The first-order valence-electron chi connectivity index (χ1n) is 13.2. The maximum atomic E-state index is 13.6. The van der Waals surface area contributed by atoms with Gasteiger partial charge in [-0.05, 0) is 44.6 Å². The lowest BCUT2D eigenvalue weighted by Crippen LogP contribution is -2.29. The fourth-order valence-corrected chi connectivity index (χ4v) is 5.01. The van der Waals surface area contributed by atoms with E-state index in [0.29, 0.717) is 41.7 Å². The zero-order chi connectivity index (χ0) is 29.3. The number of aromatic nitrogens is 4. The lowest BCUT2D eigenvalue weighted by atomic mass is 10.0. The molecule has 11 nitrogen and oxygen atoms in total. The summed E-state index contributed by atoms with van der Waals surface area (Å²) in [6.45, 7) is 5.15. The van der Waals surface area contributed by atoms with E-state index in [-0.39, 0.29) is 11.6 Å². The number of nitrogens with zero attached hydrogens (tertiary/aromatic N) is 6. The minimum absolute atomic E-state index is 0.157. The third-order valence-corrected chi connectivity index (χ3v) is 7.08. The lowest BCUT2D eigenvalue weighted by Gasteiger charge is -2.26. The molecule has 0 bridgehead atoms. The standard InChI is InChI=1S/C29H33FN8O3/c1-18(30)27(39)32-20-16-21(24(41-5)17-23(20)36(4)15-14-35(2)3)33-28-31-12-11-25(34-28)38-22-10-6-8-19-9-7-13-37(26(19)22)29(38)40/h6,8,10-12,16-17H,1,7,9,13-15H2,2-5H3,(H,32,39)(H,31,33,34). The SMILES string of the molecule is C=C(F)C(=O)Nc1cc(Nc2nccc(-n3c(=O)n4c5c(cccc53)CCC4)n2)c(OC)cc1N(C)CCN(C)C. The zero-order valence-corrected chi connectivity index (χ0v) is 23.6. The highest BCUT2D eigenvalue weighted by atomic mass is 19.1. The Morgan fingerprint density at radius 2 is 1.98 bits per heavy atom. The van der Waals surface area contributed by atoms with Crippen molar-refractivity contribution in [3.8, 4) is 11.6 Å². The maximum Gasteiger partial charge on any atom is 0.334 e. The van der Waals surface area contributed by atoms with E-state index in [2.05, 4.69) is 33.2 Å². The van der Waals surface area contributed by atoms with Crippen LogP contribution in [0.5, 0.6) is 5.75 Å². The Kier molecular flexibility index (Phi) is 7.75. The van der Waals surface area contributed by atoms with Crippen LogP contribution in [0.3, 0.4) is 0 Å². The van der Waals surface area contributed by atoms with Gasteiger partial charge in [-0.2, -0.15) is 4.98 Å². The van der Waals surface area contributed by atoms with Crippen LogP contribution >= 0.6 is 0 Å². The quantitative estimate of drug-likeness (QED) is 0.283. The maximum absolute atomic E-state index is 13.6. The first-order valence-corrected chi connectivity index (χ1v) is 13.2. The molecule has 0 saturated heterocycles. The minimum atomic E-state index is -1.11. The fraction of sp³-hybridized carbons (Fsp3) is 0.310. The van der Waals surface area contributed by atoms with Gasteiger partial charge < -0.3 is 25.2 Å². The molecule has 2 aromatic carbocycles. The third kappa shape index (κ3) is 5.50. The summed E-state index contributed by atoms with van der Waals surface area (Å²) in [5, 5.41) is 5.73. The number of benzene rings is 2. The smallest absolute Gasteiger partial charge is 0.334 e. The molecule has 2 aromatic heterocycles. The molecule has 1 aliphatic rings. The van der Waals surface area contributed by atoms with Gasteiger partial charge in [-0.15, -0.1) is 0 Å². The molecule has 12 heteroatoms. The molecule has 4 aromatic rings. The van der Waals surface area contributed by atoms with Crippen LogP contribution in [-0.4, -0.2) is 71.3 Å². The molecule has 2 N–H and O–H groups in total. The average Bonchev–Trinajstić information content (AvgIpc) is 3.24. The number of aryl methyl sites for hydroxylation is 2. The number of imidazole rings is 1. The highest BCUT2D eigenvalue weighted by Gasteiger charge is 2.22. The Morgan fingerprint density at radius 1 is 1.17 bits per heavy atom. The van der Waals surface area contributed by atoms with Crippen LogP contribution in [0.2, 0.25) is 0 Å². The van der Waals surface area contributed by atoms with Gasteiger partial charge in [0.25, 0.3) is 5.91 Å². The molecule has 1 aliphatic heterocycles. The number of amides is 1. The van der Waals surface area contributed by atoms with Crippen molar-refractivity contribution < 1.29 is 13.9 Å². The fourth-order valence-electron chi connectivity index (χ4n) is 5.01. The van der Waals surface area contributed by atoms with Crippen molar-refractivity contribution in [1.29, 1.82) is 0 Å². The van der Waals surface area contributed by atoms with Gasteiger partial charge in [-0.25, -0.2) is 18.7 Å². The number of halogens is 1. The van der Waals surface area contributed by atoms with Gasteiger partial charge in [0, 0.05) is 45.0 Å². The van der Waals surface area contributed by atoms with Crippen LogP contribution < -0.4 is 26.0 Å². The van der Waals surface area contributed by atoms with E-state index in [1.54, 1.807) is 33.5 Å². The molecule has 3 heterocycles. The van der Waals surface area contributed by atoms with Gasteiger partial charge in [0.2, 0.25) is 5.95 Å².